The van der Waals surface area contributed by atoms with Crippen molar-refractivity contribution in [3.05, 3.63) is 87.1 Å². The van der Waals surface area contributed by atoms with Crippen LogP contribution in [0.25, 0.3) is 5.69 Å². The fourth-order valence-electron chi connectivity index (χ4n) is 3.61. The van der Waals surface area contributed by atoms with E-state index in [9.17, 15) is 9.59 Å². The summed E-state index contributed by atoms with van der Waals surface area (Å²) in [5.74, 6) is -0.738. The highest BCUT2D eigenvalue weighted by atomic mass is 35.5. The van der Waals surface area contributed by atoms with Crippen molar-refractivity contribution in [3.63, 3.8) is 0 Å². The molecule has 2 aromatic heterocycles. The van der Waals surface area contributed by atoms with Crippen LogP contribution in [0, 0.1) is 20.8 Å². The van der Waals surface area contributed by atoms with Gasteiger partial charge in [0, 0.05) is 12.3 Å². The topological polar surface area (TPSA) is 77.3 Å². The third kappa shape index (κ3) is 4.73. The van der Waals surface area contributed by atoms with Crippen LogP contribution in [0.15, 0.2) is 53.9 Å². The average molecular weight is 495 g/mol. The quantitative estimate of drug-likeness (QED) is 0.309. The smallest absolute Gasteiger partial charge is 0.343 e. The number of aryl methyl sites for hydroxylation is 3. The van der Waals surface area contributed by atoms with Crippen LogP contribution in [0.4, 0.5) is 10.8 Å². The zero-order chi connectivity index (χ0) is 24.4. The van der Waals surface area contributed by atoms with Gasteiger partial charge >= 0.3 is 5.97 Å². The second-order valence-corrected chi connectivity index (χ2v) is 9.04. The van der Waals surface area contributed by atoms with Crippen LogP contribution in [0.2, 0.25) is 5.15 Å². The van der Waals surface area contributed by atoms with Crippen LogP contribution in [-0.2, 0) is 16.1 Å². The Kier molecular flexibility index (Phi) is 6.81. The summed E-state index contributed by atoms with van der Waals surface area (Å²) in [5, 5.41) is 6.84. The number of benzene rings is 2. The highest BCUT2D eigenvalue weighted by molar-refractivity contribution is 7.14. The Balaban J connectivity index is 1.51. The fourth-order valence-corrected chi connectivity index (χ4v) is 4.83. The van der Waals surface area contributed by atoms with Crippen molar-refractivity contribution in [1.29, 1.82) is 0 Å². The first kappa shape index (κ1) is 23.7. The molecule has 9 heteroatoms. The van der Waals surface area contributed by atoms with Crippen LogP contribution in [-0.4, -0.2) is 26.6 Å². The lowest BCUT2D eigenvalue weighted by Crippen LogP contribution is -2.23. The van der Waals surface area contributed by atoms with Crippen LogP contribution in [0.3, 0.4) is 0 Å². The molecule has 2 heterocycles. The molecule has 174 valence electrons. The molecule has 4 aromatic rings. The van der Waals surface area contributed by atoms with Crippen LogP contribution >= 0.6 is 22.9 Å². The zero-order valence-corrected chi connectivity index (χ0v) is 20.8. The number of anilines is 2. The molecule has 34 heavy (non-hydrogen) atoms. The maximum absolute atomic E-state index is 12.8. The van der Waals surface area contributed by atoms with Crippen molar-refractivity contribution in [2.24, 2.45) is 0 Å². The van der Waals surface area contributed by atoms with Crippen LogP contribution < -0.4 is 4.90 Å². The highest BCUT2D eigenvalue weighted by Crippen LogP contribution is 2.32. The zero-order valence-electron chi connectivity index (χ0n) is 19.2. The number of carbonyl (C=O) groups excluding carboxylic acids is 2. The van der Waals surface area contributed by atoms with Crippen molar-refractivity contribution < 1.29 is 14.3 Å². The summed E-state index contributed by atoms with van der Waals surface area (Å²) in [5.41, 5.74) is 4.81. The first-order valence-corrected chi connectivity index (χ1v) is 11.8. The molecule has 7 nitrogen and oxygen atoms in total. The molecule has 1 amide bonds. The Morgan fingerprint density at radius 3 is 2.53 bits per heavy atom. The van der Waals surface area contributed by atoms with Crippen molar-refractivity contribution in [3.8, 4) is 5.69 Å². The first-order valence-electron chi connectivity index (χ1n) is 10.6. The van der Waals surface area contributed by atoms with Crippen LogP contribution in [0.5, 0.6) is 0 Å². The molecule has 0 spiro atoms. The fraction of sp³-hybridized carbons (Fsp3) is 0.200. The molecule has 0 aliphatic heterocycles. The molecule has 0 bridgehead atoms. The monoisotopic (exact) mass is 494 g/mol. The molecule has 0 aliphatic carbocycles. The van der Waals surface area contributed by atoms with E-state index in [4.69, 9.17) is 16.3 Å². The van der Waals surface area contributed by atoms with Crippen LogP contribution in [0.1, 0.15) is 39.8 Å². The van der Waals surface area contributed by atoms with Gasteiger partial charge in [0.1, 0.15) is 17.3 Å². The molecule has 0 saturated heterocycles. The number of rotatable bonds is 6. The molecule has 0 aliphatic rings. The molecule has 4 rings (SSSR count). The summed E-state index contributed by atoms with van der Waals surface area (Å²) < 4.78 is 6.99. The lowest BCUT2D eigenvalue weighted by molar-refractivity contribution is -0.115. The SMILES string of the molecule is CC(=O)N(c1nc(COC(=O)c2c(C)nn(-c3ccccc3)c2Cl)cs1)c1ccc(C)cc1C. The number of hydrogen-bond donors (Lipinski definition) is 0. The number of amides is 1. The van der Waals surface area contributed by atoms with E-state index >= 15 is 0 Å². The Morgan fingerprint density at radius 2 is 1.85 bits per heavy atom. The Morgan fingerprint density at radius 1 is 1.12 bits per heavy atom. The number of hydrogen-bond acceptors (Lipinski definition) is 6. The highest BCUT2D eigenvalue weighted by Gasteiger charge is 2.24. The minimum absolute atomic E-state index is 0.0553. The molecule has 0 unspecified atom stereocenters. The summed E-state index contributed by atoms with van der Waals surface area (Å²) in [6.45, 7) is 7.10. The van der Waals surface area contributed by atoms with Crippen molar-refractivity contribution in [2.45, 2.75) is 34.3 Å². The van der Waals surface area contributed by atoms with Crippen molar-refractivity contribution >= 4 is 45.6 Å². The van der Waals surface area contributed by atoms with E-state index in [1.165, 1.54) is 22.9 Å². The van der Waals surface area contributed by atoms with Crippen molar-refractivity contribution in [2.75, 3.05) is 4.90 Å². The van der Waals surface area contributed by atoms with Gasteiger partial charge in [0.05, 0.1) is 22.8 Å². The number of para-hydroxylation sites is 1. The van der Waals surface area contributed by atoms with E-state index in [-0.39, 0.29) is 23.2 Å². The predicted molar refractivity (Wildman–Crippen MR) is 133 cm³/mol. The summed E-state index contributed by atoms with van der Waals surface area (Å²) in [6.07, 6.45) is 0. The van der Waals surface area contributed by atoms with E-state index in [1.807, 2.05) is 62.4 Å². The normalized spacial score (nSPS) is 10.9. The number of carbonyl (C=O) groups is 2. The van der Waals surface area contributed by atoms with E-state index in [2.05, 4.69) is 10.1 Å². The number of esters is 1. The van der Waals surface area contributed by atoms with E-state index < -0.39 is 5.97 Å². The number of aromatic nitrogens is 3. The van der Waals surface area contributed by atoms with Gasteiger partial charge in [-0.3, -0.25) is 9.69 Å². The number of ether oxygens (including phenoxy) is 1. The molecule has 0 saturated carbocycles. The number of halogens is 1. The van der Waals surface area contributed by atoms with Gasteiger partial charge in [0.25, 0.3) is 0 Å². The third-order valence-electron chi connectivity index (χ3n) is 5.20. The first-order chi connectivity index (χ1) is 16.3. The molecule has 0 atom stereocenters. The lowest BCUT2D eigenvalue weighted by Gasteiger charge is -2.20. The maximum atomic E-state index is 12.8. The third-order valence-corrected chi connectivity index (χ3v) is 6.42. The second-order valence-electron chi connectivity index (χ2n) is 7.84. The number of nitrogens with zero attached hydrogens (tertiary/aromatic N) is 4. The van der Waals surface area contributed by atoms with Crippen molar-refractivity contribution in [1.82, 2.24) is 14.8 Å². The van der Waals surface area contributed by atoms with Gasteiger partial charge in [-0.15, -0.1) is 11.3 Å². The molecule has 0 N–H and O–H groups in total. The Bertz CT molecular complexity index is 1360. The maximum Gasteiger partial charge on any atom is 0.343 e. The van der Waals surface area contributed by atoms with E-state index in [1.54, 1.807) is 17.2 Å². The number of thiazole rings is 1. The molecule has 2 aromatic carbocycles. The summed E-state index contributed by atoms with van der Waals surface area (Å²) in [6, 6.07) is 15.2. The Hall–Kier alpha value is -3.49. The molecular weight excluding hydrogens is 472 g/mol. The van der Waals surface area contributed by atoms with Gasteiger partial charge in [-0.25, -0.2) is 14.5 Å². The minimum atomic E-state index is -0.586. The minimum Gasteiger partial charge on any atom is -0.455 e. The molecular formula is C25H23ClN4O3S. The van der Waals surface area contributed by atoms with Gasteiger partial charge < -0.3 is 4.74 Å². The summed E-state index contributed by atoms with van der Waals surface area (Å²) in [4.78, 5) is 31.3. The Labute approximate surface area is 206 Å². The summed E-state index contributed by atoms with van der Waals surface area (Å²) >= 11 is 7.77. The van der Waals surface area contributed by atoms with Gasteiger partial charge in [-0.1, -0.05) is 47.5 Å². The molecule has 0 radical (unpaired) electrons. The second kappa shape index (κ2) is 9.79. The van der Waals surface area contributed by atoms with Gasteiger partial charge in [0.2, 0.25) is 5.91 Å². The van der Waals surface area contributed by atoms with E-state index in [0.29, 0.717) is 16.5 Å². The predicted octanol–water partition coefficient (Wildman–Crippen LogP) is 5.95. The largest absolute Gasteiger partial charge is 0.455 e. The lowest BCUT2D eigenvalue weighted by atomic mass is 10.1. The average Bonchev–Trinajstić information content (AvgIpc) is 3.38. The van der Waals surface area contributed by atoms with Gasteiger partial charge in [0.15, 0.2) is 5.13 Å². The standard InChI is InChI=1S/C25H23ClN4O3S/c1-15-10-11-21(16(2)12-15)29(18(4)31)25-27-19(14-34-25)13-33-24(32)22-17(3)28-30(23(22)26)20-8-6-5-7-9-20/h5-12,14H,13H2,1-4H3. The summed E-state index contributed by atoms with van der Waals surface area (Å²) in [7, 11) is 0. The van der Waals surface area contributed by atoms with Gasteiger partial charge in [-0.2, -0.15) is 5.10 Å². The van der Waals surface area contributed by atoms with Gasteiger partial charge in [-0.05, 0) is 44.5 Å². The molecule has 0 fully saturated rings. The van der Waals surface area contributed by atoms with E-state index in [0.717, 1.165) is 22.5 Å².